The monoisotopic (exact) mass is 236 g/mol. The number of hydrogen-bond acceptors (Lipinski definition) is 4. The van der Waals surface area contributed by atoms with Crippen molar-refractivity contribution in [2.24, 2.45) is 0 Å². The van der Waals surface area contributed by atoms with E-state index in [1.165, 1.54) is 0 Å². The van der Waals surface area contributed by atoms with Gasteiger partial charge in [-0.3, -0.25) is 14.8 Å². The van der Waals surface area contributed by atoms with E-state index in [2.05, 4.69) is 0 Å². The zero-order valence-corrected chi connectivity index (χ0v) is 9.80. The van der Waals surface area contributed by atoms with Crippen molar-refractivity contribution in [2.45, 2.75) is 6.42 Å². The maximum atomic E-state index is 11.6. The Hall–Kier alpha value is -1.75. The highest BCUT2D eigenvalue weighted by Crippen LogP contribution is 2.25. The first kappa shape index (κ1) is 11.7. The second-order valence-corrected chi connectivity index (χ2v) is 3.82. The number of carbonyl (C=O) groups is 1. The molecule has 0 spiro atoms. The molecule has 1 N–H and O–H groups in total. The largest absolute Gasteiger partial charge is 0.497 e. The molecule has 1 aromatic rings. The molecule has 1 aliphatic rings. The van der Waals surface area contributed by atoms with Crippen LogP contribution < -0.4 is 9.75 Å². The fourth-order valence-corrected chi connectivity index (χ4v) is 1.97. The summed E-state index contributed by atoms with van der Waals surface area (Å²) in [6.45, 7) is 0.939. The van der Waals surface area contributed by atoms with Crippen molar-refractivity contribution in [3.63, 3.8) is 0 Å². The lowest BCUT2D eigenvalue weighted by Crippen LogP contribution is -2.40. The van der Waals surface area contributed by atoms with Crippen LogP contribution in [0.5, 0.6) is 5.75 Å². The maximum Gasteiger partial charge on any atom is 0.243 e. The minimum Gasteiger partial charge on any atom is -0.497 e. The van der Waals surface area contributed by atoms with Crippen molar-refractivity contribution in [2.75, 3.05) is 31.8 Å². The molecular formula is C12H16N2O3. The van der Waals surface area contributed by atoms with E-state index in [-0.39, 0.29) is 12.5 Å². The third-order valence-corrected chi connectivity index (χ3v) is 2.78. The van der Waals surface area contributed by atoms with E-state index in [9.17, 15) is 4.79 Å². The molecule has 1 saturated heterocycles. The smallest absolute Gasteiger partial charge is 0.243 e. The molecule has 92 valence electrons. The third kappa shape index (κ3) is 2.34. The normalized spacial score (nSPS) is 15.5. The first-order chi connectivity index (χ1) is 8.26. The fraction of sp³-hybridized carbons (Fsp3) is 0.417. The van der Waals surface area contributed by atoms with Crippen LogP contribution in [0, 0.1) is 0 Å². The van der Waals surface area contributed by atoms with E-state index in [1.807, 2.05) is 29.3 Å². The molecule has 1 amide bonds. The summed E-state index contributed by atoms with van der Waals surface area (Å²) in [6, 6.07) is 7.54. The minimum atomic E-state index is -0.0355. The lowest BCUT2D eigenvalue weighted by molar-refractivity contribution is -0.128. The van der Waals surface area contributed by atoms with Gasteiger partial charge in [-0.05, 0) is 12.1 Å². The van der Waals surface area contributed by atoms with Gasteiger partial charge in [0.15, 0.2) is 0 Å². The molecule has 0 atom stereocenters. The van der Waals surface area contributed by atoms with Gasteiger partial charge in [0.2, 0.25) is 5.91 Å². The molecule has 5 nitrogen and oxygen atoms in total. The summed E-state index contributed by atoms with van der Waals surface area (Å²) in [7, 11) is 1.61. The first-order valence-corrected chi connectivity index (χ1v) is 5.59. The molecule has 17 heavy (non-hydrogen) atoms. The number of amides is 1. The quantitative estimate of drug-likeness (QED) is 0.833. The second kappa shape index (κ2) is 5.05. The molecule has 0 saturated carbocycles. The molecule has 0 aromatic heterocycles. The van der Waals surface area contributed by atoms with Crippen LogP contribution >= 0.6 is 0 Å². The number of anilines is 1. The molecule has 1 aromatic carbocycles. The Bertz CT molecular complexity index is 408. The topological polar surface area (TPSA) is 53.0 Å². The average molecular weight is 236 g/mol. The molecule has 0 bridgehead atoms. The van der Waals surface area contributed by atoms with Crippen LogP contribution in [0.4, 0.5) is 5.69 Å². The van der Waals surface area contributed by atoms with Crippen molar-refractivity contribution in [1.82, 2.24) is 5.01 Å². The number of aliphatic hydroxyl groups excluding tert-OH is 1. The van der Waals surface area contributed by atoms with Gasteiger partial charge in [0.25, 0.3) is 0 Å². The van der Waals surface area contributed by atoms with Crippen molar-refractivity contribution in [1.29, 1.82) is 0 Å². The molecule has 0 unspecified atom stereocenters. The maximum absolute atomic E-state index is 11.6. The van der Waals surface area contributed by atoms with E-state index < -0.39 is 0 Å². The fourth-order valence-electron chi connectivity index (χ4n) is 1.97. The molecule has 1 fully saturated rings. The number of hydrazine groups is 1. The number of methoxy groups -OCH3 is 1. The highest BCUT2D eigenvalue weighted by Gasteiger charge is 2.28. The average Bonchev–Trinajstić information content (AvgIpc) is 2.72. The molecular weight excluding hydrogens is 220 g/mol. The van der Waals surface area contributed by atoms with Crippen LogP contribution in [0.3, 0.4) is 0 Å². The summed E-state index contributed by atoms with van der Waals surface area (Å²) in [4.78, 5) is 11.6. The van der Waals surface area contributed by atoms with Crippen LogP contribution in [0.2, 0.25) is 0 Å². The lowest BCUT2D eigenvalue weighted by atomic mass is 10.3. The summed E-state index contributed by atoms with van der Waals surface area (Å²) < 4.78 is 5.16. The summed E-state index contributed by atoms with van der Waals surface area (Å²) in [5.74, 6) is 0.799. The number of aliphatic hydroxyl groups is 1. The van der Waals surface area contributed by atoms with Gasteiger partial charge >= 0.3 is 0 Å². The lowest BCUT2D eigenvalue weighted by Gasteiger charge is -2.29. The van der Waals surface area contributed by atoms with Gasteiger partial charge in [-0.15, -0.1) is 0 Å². The number of β-amino-alcohol motifs (C(OH)–C–C–N with tert-alkyl or cyclic N) is 1. The second-order valence-electron chi connectivity index (χ2n) is 3.82. The Morgan fingerprint density at radius 2 is 2.29 bits per heavy atom. The van der Waals surface area contributed by atoms with Gasteiger partial charge in [-0.25, -0.2) is 0 Å². The van der Waals surface area contributed by atoms with Crippen LogP contribution in [0.1, 0.15) is 6.42 Å². The van der Waals surface area contributed by atoms with Gasteiger partial charge in [0.1, 0.15) is 5.75 Å². The predicted molar refractivity (Wildman–Crippen MR) is 63.8 cm³/mol. The summed E-state index contributed by atoms with van der Waals surface area (Å²) in [5, 5.41) is 12.4. The first-order valence-electron chi connectivity index (χ1n) is 5.59. The molecule has 1 aliphatic heterocycles. The molecule has 2 rings (SSSR count). The highest BCUT2D eigenvalue weighted by atomic mass is 16.5. The van der Waals surface area contributed by atoms with Crippen LogP contribution in [-0.4, -0.2) is 42.8 Å². The van der Waals surface area contributed by atoms with E-state index in [1.54, 1.807) is 12.1 Å². The molecule has 0 aliphatic carbocycles. The van der Waals surface area contributed by atoms with E-state index in [4.69, 9.17) is 9.84 Å². The van der Waals surface area contributed by atoms with Crippen LogP contribution in [-0.2, 0) is 4.79 Å². The Morgan fingerprint density at radius 3 is 3.00 bits per heavy atom. The zero-order valence-electron chi connectivity index (χ0n) is 9.80. The van der Waals surface area contributed by atoms with Crippen molar-refractivity contribution in [3.8, 4) is 5.75 Å². The predicted octanol–water partition coefficient (Wildman–Crippen LogP) is 0.641. The van der Waals surface area contributed by atoms with Crippen molar-refractivity contribution >= 4 is 11.6 Å². The number of benzene rings is 1. The summed E-state index contributed by atoms with van der Waals surface area (Å²) >= 11 is 0. The highest BCUT2D eigenvalue weighted by molar-refractivity contribution is 5.82. The van der Waals surface area contributed by atoms with Gasteiger partial charge in [-0.2, -0.15) is 0 Å². The summed E-state index contributed by atoms with van der Waals surface area (Å²) in [6.07, 6.45) is 0.483. The van der Waals surface area contributed by atoms with Crippen molar-refractivity contribution in [3.05, 3.63) is 24.3 Å². The number of ether oxygens (including phenoxy) is 1. The van der Waals surface area contributed by atoms with E-state index in [0.717, 1.165) is 11.4 Å². The van der Waals surface area contributed by atoms with E-state index in [0.29, 0.717) is 19.5 Å². The zero-order chi connectivity index (χ0) is 12.3. The molecule has 5 heteroatoms. The van der Waals surface area contributed by atoms with Crippen LogP contribution in [0.15, 0.2) is 24.3 Å². The molecule has 0 radical (unpaired) electrons. The van der Waals surface area contributed by atoms with Crippen LogP contribution in [0.25, 0.3) is 0 Å². The third-order valence-electron chi connectivity index (χ3n) is 2.78. The Kier molecular flexibility index (Phi) is 3.49. The number of carbonyl (C=O) groups excluding carboxylic acids is 1. The standard InChI is InChI=1S/C12H16N2O3/c1-17-11-4-2-3-10(9-11)13-6-5-12(16)14(13)7-8-15/h2-4,9,15H,5-8H2,1H3. The number of hydrogen-bond donors (Lipinski definition) is 1. The minimum absolute atomic E-state index is 0.0355. The van der Waals surface area contributed by atoms with Crippen molar-refractivity contribution < 1.29 is 14.6 Å². The Morgan fingerprint density at radius 1 is 1.47 bits per heavy atom. The Labute approximate surface area is 100 Å². The van der Waals surface area contributed by atoms with Gasteiger partial charge in [0, 0.05) is 19.0 Å². The molecule has 1 heterocycles. The van der Waals surface area contributed by atoms with Gasteiger partial charge in [0.05, 0.1) is 25.9 Å². The number of rotatable bonds is 4. The number of nitrogens with zero attached hydrogens (tertiary/aromatic N) is 2. The van der Waals surface area contributed by atoms with E-state index >= 15 is 0 Å². The SMILES string of the molecule is COc1cccc(N2CCC(=O)N2CCO)c1. The van der Waals surface area contributed by atoms with Gasteiger partial charge in [-0.1, -0.05) is 6.07 Å². The summed E-state index contributed by atoms with van der Waals surface area (Å²) in [5.41, 5.74) is 0.906. The Balaban J connectivity index is 2.22. The van der Waals surface area contributed by atoms with Gasteiger partial charge < -0.3 is 9.84 Å².